The van der Waals surface area contributed by atoms with E-state index in [4.69, 9.17) is 9.47 Å². The molecule has 0 radical (unpaired) electrons. The molecule has 0 fully saturated rings. The van der Waals surface area contributed by atoms with Crippen LogP contribution in [0, 0.1) is 0 Å². The van der Waals surface area contributed by atoms with Crippen molar-refractivity contribution in [3.05, 3.63) is 0 Å². The van der Waals surface area contributed by atoms with Crippen molar-refractivity contribution in [2.24, 2.45) is 0 Å². The second-order valence-electron chi connectivity index (χ2n) is 5.87. The van der Waals surface area contributed by atoms with Crippen molar-refractivity contribution in [2.75, 3.05) is 6.61 Å². The fourth-order valence-corrected chi connectivity index (χ4v) is 1.68. The summed E-state index contributed by atoms with van der Waals surface area (Å²) in [6.07, 6.45) is 6.70. The molecule has 0 heterocycles. The maximum Gasteiger partial charge on any atom is 0.308 e. The van der Waals surface area contributed by atoms with E-state index in [1.807, 2.05) is 20.8 Å². The van der Waals surface area contributed by atoms with Crippen molar-refractivity contribution < 1.29 is 14.3 Å². The first kappa shape index (κ1) is 17.4. The molecule has 0 aromatic carbocycles. The van der Waals surface area contributed by atoms with E-state index in [1.165, 1.54) is 25.7 Å². The van der Waals surface area contributed by atoms with Crippen LogP contribution >= 0.6 is 0 Å². The van der Waals surface area contributed by atoms with Gasteiger partial charge in [0.2, 0.25) is 0 Å². The van der Waals surface area contributed by atoms with Gasteiger partial charge >= 0.3 is 5.97 Å². The van der Waals surface area contributed by atoms with E-state index < -0.39 is 5.60 Å². The van der Waals surface area contributed by atoms with Crippen LogP contribution in [0.15, 0.2) is 0 Å². The Morgan fingerprint density at radius 3 is 2.39 bits per heavy atom. The molecule has 0 saturated carbocycles. The summed E-state index contributed by atoms with van der Waals surface area (Å²) in [5, 5.41) is 0. The van der Waals surface area contributed by atoms with Crippen molar-refractivity contribution in [1.29, 1.82) is 0 Å². The summed E-state index contributed by atoms with van der Waals surface area (Å²) < 4.78 is 10.8. The van der Waals surface area contributed by atoms with Crippen LogP contribution in [0.5, 0.6) is 0 Å². The molecule has 108 valence electrons. The number of carbonyl (C=O) groups excluding carboxylic acids is 1. The molecule has 1 atom stereocenters. The number of carbonyl (C=O) groups is 1. The van der Waals surface area contributed by atoms with Crippen LogP contribution in [0.4, 0.5) is 0 Å². The molecule has 18 heavy (non-hydrogen) atoms. The van der Waals surface area contributed by atoms with Crippen molar-refractivity contribution in [3.63, 3.8) is 0 Å². The maximum atomic E-state index is 11.4. The predicted molar refractivity (Wildman–Crippen MR) is 74.6 cm³/mol. The van der Waals surface area contributed by atoms with Crippen LogP contribution in [-0.2, 0) is 14.3 Å². The Labute approximate surface area is 112 Å². The summed E-state index contributed by atoms with van der Waals surface area (Å²) in [5.74, 6) is -0.180. The van der Waals surface area contributed by atoms with Crippen LogP contribution < -0.4 is 0 Å². The normalized spacial score (nSPS) is 13.4. The van der Waals surface area contributed by atoms with Gasteiger partial charge in [-0.1, -0.05) is 32.6 Å². The smallest absolute Gasteiger partial charge is 0.308 e. The summed E-state index contributed by atoms with van der Waals surface area (Å²) in [6, 6.07) is 0. The van der Waals surface area contributed by atoms with Gasteiger partial charge in [-0.15, -0.1) is 0 Å². The third-order valence-corrected chi connectivity index (χ3v) is 2.59. The maximum absolute atomic E-state index is 11.4. The lowest BCUT2D eigenvalue weighted by Gasteiger charge is -2.20. The predicted octanol–water partition coefficient (Wildman–Crippen LogP) is 4.09. The van der Waals surface area contributed by atoms with Gasteiger partial charge < -0.3 is 9.47 Å². The van der Waals surface area contributed by atoms with Crippen LogP contribution in [0.2, 0.25) is 0 Å². The van der Waals surface area contributed by atoms with Gasteiger partial charge in [0.15, 0.2) is 0 Å². The zero-order valence-electron chi connectivity index (χ0n) is 12.8. The standard InChI is InChI=1S/C15H30O3/c1-6-7-8-9-10-13(2)17-12-11-14(16)18-15(3,4)5/h13H,6-12H2,1-5H3. The minimum atomic E-state index is -0.400. The van der Waals surface area contributed by atoms with Crippen LogP contribution in [0.25, 0.3) is 0 Å². The first-order chi connectivity index (χ1) is 8.35. The van der Waals surface area contributed by atoms with E-state index in [9.17, 15) is 4.79 Å². The van der Waals surface area contributed by atoms with Crippen molar-refractivity contribution in [2.45, 2.75) is 84.8 Å². The molecule has 0 bridgehead atoms. The van der Waals surface area contributed by atoms with E-state index >= 15 is 0 Å². The van der Waals surface area contributed by atoms with E-state index in [0.29, 0.717) is 13.0 Å². The number of ether oxygens (including phenoxy) is 2. The van der Waals surface area contributed by atoms with E-state index in [-0.39, 0.29) is 12.1 Å². The zero-order valence-corrected chi connectivity index (χ0v) is 12.8. The number of hydrogen-bond acceptors (Lipinski definition) is 3. The fraction of sp³-hybridized carbons (Fsp3) is 0.933. The molecule has 0 amide bonds. The van der Waals surface area contributed by atoms with Crippen LogP contribution in [-0.4, -0.2) is 24.3 Å². The SMILES string of the molecule is CCCCCCC(C)OCCC(=O)OC(C)(C)C. The highest BCUT2D eigenvalue weighted by Gasteiger charge is 2.16. The third-order valence-electron chi connectivity index (χ3n) is 2.59. The lowest BCUT2D eigenvalue weighted by molar-refractivity contribution is -0.156. The Hall–Kier alpha value is -0.570. The first-order valence-electron chi connectivity index (χ1n) is 7.18. The Balaban J connectivity index is 3.50. The molecule has 0 aliphatic rings. The summed E-state index contributed by atoms with van der Waals surface area (Å²) >= 11 is 0. The minimum Gasteiger partial charge on any atom is -0.460 e. The summed E-state index contributed by atoms with van der Waals surface area (Å²) in [7, 11) is 0. The number of esters is 1. The number of unbranched alkanes of at least 4 members (excludes halogenated alkanes) is 3. The molecule has 3 nitrogen and oxygen atoms in total. The fourth-order valence-electron chi connectivity index (χ4n) is 1.68. The van der Waals surface area contributed by atoms with E-state index in [1.54, 1.807) is 0 Å². The van der Waals surface area contributed by atoms with Gasteiger partial charge in [-0.2, -0.15) is 0 Å². The molecule has 0 N–H and O–H groups in total. The highest BCUT2D eigenvalue weighted by Crippen LogP contribution is 2.10. The van der Waals surface area contributed by atoms with Gasteiger partial charge in [0, 0.05) is 0 Å². The van der Waals surface area contributed by atoms with Gasteiger partial charge in [0.05, 0.1) is 19.1 Å². The second kappa shape index (κ2) is 9.37. The minimum absolute atomic E-state index is 0.180. The molecule has 0 spiro atoms. The summed E-state index contributed by atoms with van der Waals surface area (Å²) in [4.78, 5) is 11.4. The van der Waals surface area contributed by atoms with Gasteiger partial charge in [0.25, 0.3) is 0 Å². The van der Waals surface area contributed by atoms with Crippen molar-refractivity contribution in [3.8, 4) is 0 Å². The lowest BCUT2D eigenvalue weighted by atomic mass is 10.1. The monoisotopic (exact) mass is 258 g/mol. The summed E-state index contributed by atoms with van der Waals surface area (Å²) in [6.45, 7) is 10.4. The highest BCUT2D eigenvalue weighted by atomic mass is 16.6. The van der Waals surface area contributed by atoms with Crippen LogP contribution in [0.1, 0.15) is 73.1 Å². The lowest BCUT2D eigenvalue weighted by Crippen LogP contribution is -2.25. The highest BCUT2D eigenvalue weighted by molar-refractivity contribution is 5.69. The molecule has 0 saturated heterocycles. The van der Waals surface area contributed by atoms with Gasteiger partial charge in [-0.05, 0) is 34.1 Å². The molecule has 0 aromatic heterocycles. The third kappa shape index (κ3) is 11.9. The van der Waals surface area contributed by atoms with Gasteiger partial charge in [-0.25, -0.2) is 0 Å². The quantitative estimate of drug-likeness (QED) is 0.461. The second-order valence-corrected chi connectivity index (χ2v) is 5.87. The van der Waals surface area contributed by atoms with E-state index in [0.717, 1.165) is 6.42 Å². The first-order valence-corrected chi connectivity index (χ1v) is 7.18. The Morgan fingerprint density at radius 1 is 1.17 bits per heavy atom. The summed E-state index contributed by atoms with van der Waals surface area (Å²) in [5.41, 5.74) is -0.400. The topological polar surface area (TPSA) is 35.5 Å². The Kier molecular flexibility index (Phi) is 9.08. The molecular weight excluding hydrogens is 228 g/mol. The van der Waals surface area contributed by atoms with Crippen molar-refractivity contribution in [1.82, 2.24) is 0 Å². The molecule has 0 aliphatic carbocycles. The zero-order chi connectivity index (χ0) is 14.0. The average Bonchev–Trinajstić information content (AvgIpc) is 2.22. The average molecular weight is 258 g/mol. The number of hydrogen-bond donors (Lipinski definition) is 0. The molecule has 3 heteroatoms. The molecule has 0 aliphatic heterocycles. The molecule has 0 rings (SSSR count). The van der Waals surface area contributed by atoms with E-state index in [2.05, 4.69) is 13.8 Å². The van der Waals surface area contributed by atoms with Gasteiger partial charge in [0.1, 0.15) is 5.60 Å². The Morgan fingerprint density at radius 2 is 1.83 bits per heavy atom. The number of rotatable bonds is 9. The van der Waals surface area contributed by atoms with Crippen molar-refractivity contribution >= 4 is 5.97 Å². The molecule has 0 aromatic rings. The largest absolute Gasteiger partial charge is 0.460 e. The molecular formula is C15H30O3. The van der Waals surface area contributed by atoms with Crippen LogP contribution in [0.3, 0.4) is 0 Å². The molecule has 1 unspecified atom stereocenters. The Bertz CT molecular complexity index is 218. The van der Waals surface area contributed by atoms with Gasteiger partial charge in [-0.3, -0.25) is 4.79 Å².